The first-order valence-electron chi connectivity index (χ1n) is 8.59. The molecule has 1 atom stereocenters. The van der Waals surface area contributed by atoms with Crippen molar-refractivity contribution < 1.29 is 4.79 Å². The summed E-state index contributed by atoms with van der Waals surface area (Å²) in [6.07, 6.45) is 2.78. The maximum atomic E-state index is 12.6. The van der Waals surface area contributed by atoms with Crippen molar-refractivity contribution in [3.05, 3.63) is 45.2 Å². The molecule has 7 heteroatoms. The number of carbonyl (C=O) groups is 1. The molecule has 0 saturated carbocycles. The largest absolute Gasteiger partial charge is 0.349 e. The molecule has 3 rings (SSSR count). The second-order valence-corrected chi connectivity index (χ2v) is 7.15. The zero-order chi connectivity index (χ0) is 18.0. The Labute approximate surface area is 157 Å². The highest BCUT2D eigenvalue weighted by Gasteiger charge is 2.27. The van der Waals surface area contributed by atoms with Crippen LogP contribution in [-0.4, -0.2) is 34.8 Å². The van der Waals surface area contributed by atoms with Crippen LogP contribution in [0.25, 0.3) is 5.69 Å². The summed E-state index contributed by atoms with van der Waals surface area (Å²) in [6.45, 7) is 5.52. The Morgan fingerprint density at radius 2 is 2.16 bits per heavy atom. The third-order valence-electron chi connectivity index (χ3n) is 4.40. The highest BCUT2D eigenvalue weighted by molar-refractivity contribution is 6.35. The lowest BCUT2D eigenvalue weighted by Crippen LogP contribution is -2.39. The van der Waals surface area contributed by atoms with Gasteiger partial charge < -0.3 is 10.6 Å². The number of fused-ring (bicyclic) bond motifs is 1. The van der Waals surface area contributed by atoms with E-state index < -0.39 is 0 Å². The molecule has 1 aliphatic rings. The minimum Gasteiger partial charge on any atom is -0.349 e. The van der Waals surface area contributed by atoms with Crippen molar-refractivity contribution in [3.8, 4) is 5.69 Å². The molecule has 0 unspecified atom stereocenters. The van der Waals surface area contributed by atoms with Gasteiger partial charge in [-0.15, -0.1) is 0 Å². The van der Waals surface area contributed by atoms with Crippen molar-refractivity contribution in [1.82, 2.24) is 20.4 Å². The Kier molecular flexibility index (Phi) is 5.67. The lowest BCUT2D eigenvalue weighted by atomic mass is 10.2. The summed E-state index contributed by atoms with van der Waals surface area (Å²) < 4.78 is 1.80. The molecule has 0 radical (unpaired) electrons. The number of rotatable bonds is 6. The number of likely N-dealkylation sites (N-methyl/N-ethyl adjacent to an activating group) is 1. The topological polar surface area (TPSA) is 58.9 Å². The highest BCUT2D eigenvalue weighted by Crippen LogP contribution is 2.31. The average Bonchev–Trinajstić information content (AvgIpc) is 3.16. The third kappa shape index (κ3) is 3.84. The van der Waals surface area contributed by atoms with Gasteiger partial charge >= 0.3 is 0 Å². The molecule has 0 saturated heterocycles. The first-order chi connectivity index (χ1) is 12.0. The minimum absolute atomic E-state index is 0.133. The van der Waals surface area contributed by atoms with Gasteiger partial charge in [-0.05, 0) is 50.9 Å². The lowest BCUT2D eigenvalue weighted by Gasteiger charge is -2.12. The maximum absolute atomic E-state index is 12.6. The zero-order valence-electron chi connectivity index (χ0n) is 14.4. The molecule has 1 aliphatic carbocycles. The van der Waals surface area contributed by atoms with Crippen molar-refractivity contribution >= 4 is 29.1 Å². The first-order valence-corrected chi connectivity index (χ1v) is 9.34. The summed E-state index contributed by atoms with van der Waals surface area (Å²) in [7, 11) is 0. The summed E-state index contributed by atoms with van der Waals surface area (Å²) in [4.78, 5) is 12.6. The summed E-state index contributed by atoms with van der Waals surface area (Å²) in [6, 6.07) is 5.53. The van der Waals surface area contributed by atoms with Crippen LogP contribution in [0.15, 0.2) is 18.2 Å². The van der Waals surface area contributed by atoms with E-state index in [1.165, 1.54) is 0 Å². The summed E-state index contributed by atoms with van der Waals surface area (Å²) >= 11 is 12.3. The van der Waals surface area contributed by atoms with Gasteiger partial charge in [0.05, 0.1) is 10.7 Å². The lowest BCUT2D eigenvalue weighted by molar-refractivity contribution is 0.0944. The van der Waals surface area contributed by atoms with Crippen LogP contribution in [0.4, 0.5) is 0 Å². The molecule has 1 aromatic carbocycles. The Balaban J connectivity index is 1.88. The second-order valence-electron chi connectivity index (χ2n) is 6.30. The maximum Gasteiger partial charge on any atom is 0.272 e. The standard InChI is InChI=1S/C18H22Cl2N4O/c1-3-21-11(2)10-22-18(25)17-13-5-4-6-15(13)24(23-17)16-8-7-12(19)9-14(16)20/h7-9,11,21H,3-6,10H2,1-2H3,(H,22,25)/t11-/m1/s1. The zero-order valence-corrected chi connectivity index (χ0v) is 15.9. The molecule has 0 aliphatic heterocycles. The Hall–Kier alpha value is -1.56. The summed E-state index contributed by atoms with van der Waals surface area (Å²) in [5.74, 6) is -0.133. The molecule has 5 nitrogen and oxygen atoms in total. The molecular weight excluding hydrogens is 359 g/mol. The van der Waals surface area contributed by atoms with Crippen LogP contribution >= 0.6 is 23.2 Å². The van der Waals surface area contributed by atoms with Gasteiger partial charge in [0.2, 0.25) is 0 Å². The number of amides is 1. The minimum atomic E-state index is -0.133. The SMILES string of the molecule is CCN[C@H](C)CNC(=O)c1nn(-c2ccc(Cl)cc2Cl)c2c1CCC2. The Morgan fingerprint density at radius 1 is 1.36 bits per heavy atom. The molecule has 1 heterocycles. The van der Waals surface area contributed by atoms with E-state index in [1.54, 1.807) is 16.8 Å². The van der Waals surface area contributed by atoms with Gasteiger partial charge in [-0.1, -0.05) is 30.1 Å². The number of hydrogen-bond acceptors (Lipinski definition) is 3. The van der Waals surface area contributed by atoms with Gasteiger partial charge in [-0.25, -0.2) is 4.68 Å². The number of hydrogen-bond donors (Lipinski definition) is 2. The van der Waals surface area contributed by atoms with E-state index >= 15 is 0 Å². The average molecular weight is 381 g/mol. The van der Waals surface area contributed by atoms with E-state index in [9.17, 15) is 4.79 Å². The predicted octanol–water partition coefficient (Wildman–Crippen LogP) is 3.40. The van der Waals surface area contributed by atoms with Crippen LogP contribution < -0.4 is 10.6 Å². The quantitative estimate of drug-likeness (QED) is 0.807. The van der Waals surface area contributed by atoms with Gasteiger partial charge in [0.15, 0.2) is 5.69 Å². The molecule has 0 bridgehead atoms. The number of nitrogens with one attached hydrogen (secondary N) is 2. The molecular formula is C18H22Cl2N4O. The first kappa shape index (κ1) is 18.2. The number of carbonyl (C=O) groups excluding carboxylic acids is 1. The van der Waals surface area contributed by atoms with Crippen LogP contribution in [0.1, 0.15) is 42.0 Å². The molecule has 0 fully saturated rings. The van der Waals surface area contributed by atoms with Crippen molar-refractivity contribution in [1.29, 1.82) is 0 Å². The van der Waals surface area contributed by atoms with E-state index in [-0.39, 0.29) is 11.9 Å². The molecule has 1 amide bonds. The fourth-order valence-electron chi connectivity index (χ4n) is 3.22. The number of nitrogens with zero attached hydrogens (tertiary/aromatic N) is 2. The van der Waals surface area contributed by atoms with Crippen molar-refractivity contribution in [2.45, 2.75) is 39.2 Å². The van der Waals surface area contributed by atoms with Gasteiger partial charge in [0.1, 0.15) is 0 Å². The molecule has 134 valence electrons. The highest BCUT2D eigenvalue weighted by atomic mass is 35.5. The summed E-state index contributed by atoms with van der Waals surface area (Å²) in [5, 5.41) is 11.9. The van der Waals surface area contributed by atoms with Gasteiger partial charge in [-0.2, -0.15) is 5.10 Å². The van der Waals surface area contributed by atoms with E-state index in [0.29, 0.717) is 22.3 Å². The smallest absolute Gasteiger partial charge is 0.272 e. The molecule has 0 spiro atoms. The fraction of sp³-hybridized carbons (Fsp3) is 0.444. The van der Waals surface area contributed by atoms with Gasteiger partial charge in [0.25, 0.3) is 5.91 Å². The molecule has 1 aromatic heterocycles. The van der Waals surface area contributed by atoms with Crippen molar-refractivity contribution in [2.75, 3.05) is 13.1 Å². The third-order valence-corrected chi connectivity index (χ3v) is 4.94. The van der Waals surface area contributed by atoms with E-state index in [4.69, 9.17) is 23.2 Å². The molecule has 2 N–H and O–H groups in total. The number of benzene rings is 1. The van der Waals surface area contributed by atoms with Gasteiger partial charge in [0, 0.05) is 28.9 Å². The van der Waals surface area contributed by atoms with Crippen LogP contribution in [0, 0.1) is 0 Å². The normalized spacial score (nSPS) is 14.4. The van der Waals surface area contributed by atoms with Crippen LogP contribution in [0.2, 0.25) is 10.0 Å². The number of aromatic nitrogens is 2. The molecule has 2 aromatic rings. The second kappa shape index (κ2) is 7.77. The van der Waals surface area contributed by atoms with Crippen LogP contribution in [0.5, 0.6) is 0 Å². The van der Waals surface area contributed by atoms with E-state index in [1.807, 2.05) is 19.9 Å². The summed E-state index contributed by atoms with van der Waals surface area (Å²) in [5.41, 5.74) is 3.35. The van der Waals surface area contributed by atoms with Crippen molar-refractivity contribution in [3.63, 3.8) is 0 Å². The van der Waals surface area contributed by atoms with E-state index in [2.05, 4.69) is 15.7 Å². The Bertz CT molecular complexity index is 788. The van der Waals surface area contributed by atoms with Gasteiger partial charge in [-0.3, -0.25) is 4.79 Å². The predicted molar refractivity (Wildman–Crippen MR) is 101 cm³/mol. The van der Waals surface area contributed by atoms with Crippen LogP contribution in [0.3, 0.4) is 0 Å². The monoisotopic (exact) mass is 380 g/mol. The van der Waals surface area contributed by atoms with E-state index in [0.717, 1.165) is 42.8 Å². The number of halogens is 2. The van der Waals surface area contributed by atoms with Crippen LogP contribution in [-0.2, 0) is 12.8 Å². The fourth-order valence-corrected chi connectivity index (χ4v) is 3.71. The Morgan fingerprint density at radius 3 is 2.88 bits per heavy atom. The van der Waals surface area contributed by atoms with Crippen molar-refractivity contribution in [2.24, 2.45) is 0 Å². The molecule has 25 heavy (non-hydrogen) atoms.